The molecule has 0 radical (unpaired) electrons. The number of hydrogen-bond acceptors (Lipinski definition) is 3. The Labute approximate surface area is 162 Å². The molecule has 2 amide bonds. The SMILES string of the molecule is COc1ccc(N(CCC(=O)Nc2ccc(C)c(Cl)c2)C(C)=O)cc1Cl. The Morgan fingerprint density at radius 3 is 2.42 bits per heavy atom. The van der Waals surface area contributed by atoms with E-state index in [1.54, 1.807) is 30.3 Å². The molecule has 0 aliphatic carbocycles. The minimum absolute atomic E-state index is 0.134. The zero-order chi connectivity index (χ0) is 19.3. The van der Waals surface area contributed by atoms with Crippen LogP contribution in [-0.4, -0.2) is 25.5 Å². The zero-order valence-electron chi connectivity index (χ0n) is 14.8. The lowest BCUT2D eigenvalue weighted by Crippen LogP contribution is -2.32. The number of halogens is 2. The maximum atomic E-state index is 12.2. The van der Waals surface area contributed by atoms with Crippen molar-refractivity contribution in [1.82, 2.24) is 0 Å². The predicted octanol–water partition coefficient (Wildman–Crippen LogP) is 4.69. The van der Waals surface area contributed by atoms with Gasteiger partial charge in [-0.2, -0.15) is 0 Å². The molecular weight excluding hydrogens is 375 g/mol. The summed E-state index contributed by atoms with van der Waals surface area (Å²) in [5.41, 5.74) is 2.16. The summed E-state index contributed by atoms with van der Waals surface area (Å²) in [4.78, 5) is 25.7. The number of carbonyl (C=O) groups is 2. The second-order valence-corrected chi connectivity index (χ2v) is 6.57. The number of ether oxygens (including phenoxy) is 1. The maximum Gasteiger partial charge on any atom is 0.226 e. The number of hydrogen-bond donors (Lipinski definition) is 1. The van der Waals surface area contributed by atoms with Crippen LogP contribution in [-0.2, 0) is 9.59 Å². The quantitative estimate of drug-likeness (QED) is 0.772. The molecule has 7 heteroatoms. The number of nitrogens with zero attached hydrogens (tertiary/aromatic N) is 1. The van der Waals surface area contributed by atoms with Gasteiger partial charge in [-0.3, -0.25) is 9.59 Å². The number of anilines is 2. The van der Waals surface area contributed by atoms with Gasteiger partial charge in [-0.25, -0.2) is 0 Å². The molecule has 2 aromatic rings. The van der Waals surface area contributed by atoms with Crippen LogP contribution < -0.4 is 15.0 Å². The van der Waals surface area contributed by atoms with E-state index in [2.05, 4.69) is 5.32 Å². The van der Waals surface area contributed by atoms with E-state index in [0.717, 1.165) is 5.56 Å². The molecule has 0 aromatic heterocycles. The highest BCUT2D eigenvalue weighted by Gasteiger charge is 2.15. The highest BCUT2D eigenvalue weighted by atomic mass is 35.5. The van der Waals surface area contributed by atoms with Crippen molar-refractivity contribution in [2.24, 2.45) is 0 Å². The normalized spacial score (nSPS) is 10.3. The Kier molecular flexibility index (Phi) is 6.89. The van der Waals surface area contributed by atoms with Gasteiger partial charge < -0.3 is 15.0 Å². The Hall–Kier alpha value is -2.24. The number of benzene rings is 2. The third-order valence-corrected chi connectivity index (χ3v) is 4.55. The lowest BCUT2D eigenvalue weighted by molar-refractivity contribution is -0.117. The molecule has 0 aliphatic rings. The summed E-state index contributed by atoms with van der Waals surface area (Å²) >= 11 is 12.2. The molecule has 5 nitrogen and oxygen atoms in total. The van der Waals surface area contributed by atoms with Gasteiger partial charge in [0.1, 0.15) is 5.75 Å². The standard InChI is InChI=1S/C19H20Cl2N2O3/c1-12-4-5-14(10-16(12)20)22-19(25)8-9-23(13(2)24)15-6-7-18(26-3)17(21)11-15/h4-7,10-11H,8-9H2,1-3H3,(H,22,25). The first-order valence-corrected chi connectivity index (χ1v) is 8.75. The van der Waals surface area contributed by atoms with Crippen LogP contribution in [0.5, 0.6) is 5.75 Å². The largest absolute Gasteiger partial charge is 0.495 e. The minimum Gasteiger partial charge on any atom is -0.495 e. The van der Waals surface area contributed by atoms with Crippen LogP contribution in [0, 0.1) is 6.92 Å². The molecule has 0 saturated heterocycles. The topological polar surface area (TPSA) is 58.6 Å². The number of nitrogens with one attached hydrogen (secondary N) is 1. The number of aryl methyl sites for hydroxylation is 1. The van der Waals surface area contributed by atoms with Crippen molar-refractivity contribution in [2.75, 3.05) is 23.9 Å². The summed E-state index contributed by atoms with van der Waals surface area (Å²) in [6, 6.07) is 10.4. The molecule has 138 valence electrons. The van der Waals surface area contributed by atoms with Gasteiger partial charge in [0.15, 0.2) is 0 Å². The van der Waals surface area contributed by atoms with Crippen molar-refractivity contribution in [3.63, 3.8) is 0 Å². The number of rotatable bonds is 6. The van der Waals surface area contributed by atoms with Crippen molar-refractivity contribution in [3.8, 4) is 5.75 Å². The van der Waals surface area contributed by atoms with E-state index in [9.17, 15) is 9.59 Å². The summed E-state index contributed by atoms with van der Waals surface area (Å²) in [6.07, 6.45) is 0.134. The number of carbonyl (C=O) groups excluding carboxylic acids is 2. The van der Waals surface area contributed by atoms with Crippen LogP contribution in [0.25, 0.3) is 0 Å². The van der Waals surface area contributed by atoms with E-state index in [4.69, 9.17) is 27.9 Å². The van der Waals surface area contributed by atoms with Crippen LogP contribution in [0.2, 0.25) is 10.0 Å². The summed E-state index contributed by atoms with van der Waals surface area (Å²) in [7, 11) is 1.52. The Morgan fingerprint density at radius 1 is 1.12 bits per heavy atom. The van der Waals surface area contributed by atoms with Crippen molar-refractivity contribution in [3.05, 3.63) is 52.0 Å². The average Bonchev–Trinajstić information content (AvgIpc) is 2.58. The molecule has 0 bridgehead atoms. The van der Waals surface area contributed by atoms with Gasteiger partial charge in [-0.05, 0) is 42.8 Å². The maximum absolute atomic E-state index is 12.2. The van der Waals surface area contributed by atoms with Crippen LogP contribution >= 0.6 is 23.2 Å². The Balaban J connectivity index is 2.03. The molecular formula is C19H20Cl2N2O3. The van der Waals surface area contributed by atoms with Gasteiger partial charge in [0.25, 0.3) is 0 Å². The number of methoxy groups -OCH3 is 1. The minimum atomic E-state index is -0.212. The fraction of sp³-hybridized carbons (Fsp3) is 0.263. The van der Waals surface area contributed by atoms with Gasteiger partial charge in [-0.15, -0.1) is 0 Å². The molecule has 0 atom stereocenters. The lowest BCUT2D eigenvalue weighted by atomic mass is 10.2. The van der Waals surface area contributed by atoms with Gasteiger partial charge in [0.2, 0.25) is 11.8 Å². The van der Waals surface area contributed by atoms with E-state index in [1.165, 1.54) is 18.9 Å². The van der Waals surface area contributed by atoms with Gasteiger partial charge in [0, 0.05) is 36.3 Å². The molecule has 2 aromatic carbocycles. The van der Waals surface area contributed by atoms with Gasteiger partial charge in [-0.1, -0.05) is 29.3 Å². The molecule has 26 heavy (non-hydrogen) atoms. The first-order valence-electron chi connectivity index (χ1n) is 7.99. The summed E-state index contributed by atoms with van der Waals surface area (Å²) in [5.74, 6) is 0.126. The molecule has 0 saturated carbocycles. The van der Waals surface area contributed by atoms with Gasteiger partial charge >= 0.3 is 0 Å². The molecule has 0 aliphatic heterocycles. The summed E-state index contributed by atoms with van der Waals surface area (Å²) in [5, 5.41) is 3.76. The fourth-order valence-electron chi connectivity index (χ4n) is 2.40. The highest BCUT2D eigenvalue weighted by molar-refractivity contribution is 6.32. The molecule has 1 N–H and O–H groups in total. The second kappa shape index (κ2) is 8.92. The monoisotopic (exact) mass is 394 g/mol. The summed E-state index contributed by atoms with van der Waals surface area (Å²) in [6.45, 7) is 3.55. The van der Waals surface area contributed by atoms with E-state index >= 15 is 0 Å². The molecule has 0 unspecified atom stereocenters. The van der Waals surface area contributed by atoms with Crippen molar-refractivity contribution < 1.29 is 14.3 Å². The smallest absolute Gasteiger partial charge is 0.226 e. The van der Waals surface area contributed by atoms with E-state index < -0.39 is 0 Å². The fourth-order valence-corrected chi connectivity index (χ4v) is 2.83. The van der Waals surface area contributed by atoms with Crippen LogP contribution in [0.15, 0.2) is 36.4 Å². The average molecular weight is 395 g/mol. The molecule has 0 heterocycles. The third-order valence-electron chi connectivity index (χ3n) is 3.85. The van der Waals surface area contributed by atoms with Crippen LogP contribution in [0.1, 0.15) is 18.9 Å². The van der Waals surface area contributed by atoms with Crippen LogP contribution in [0.3, 0.4) is 0 Å². The first kappa shape index (κ1) is 20.1. The predicted molar refractivity (Wildman–Crippen MR) is 105 cm³/mol. The van der Waals surface area contributed by atoms with E-state index in [-0.39, 0.29) is 24.8 Å². The van der Waals surface area contributed by atoms with Crippen molar-refractivity contribution in [1.29, 1.82) is 0 Å². The zero-order valence-corrected chi connectivity index (χ0v) is 16.3. The van der Waals surface area contributed by atoms with Crippen LogP contribution in [0.4, 0.5) is 11.4 Å². The van der Waals surface area contributed by atoms with Crippen molar-refractivity contribution in [2.45, 2.75) is 20.3 Å². The molecule has 2 rings (SSSR count). The summed E-state index contributed by atoms with van der Waals surface area (Å²) < 4.78 is 5.11. The van der Waals surface area contributed by atoms with Crippen molar-refractivity contribution >= 4 is 46.4 Å². The lowest BCUT2D eigenvalue weighted by Gasteiger charge is -2.21. The Morgan fingerprint density at radius 2 is 1.85 bits per heavy atom. The number of amides is 2. The second-order valence-electron chi connectivity index (χ2n) is 5.75. The third kappa shape index (κ3) is 5.13. The molecule has 0 fully saturated rings. The molecule has 0 spiro atoms. The van der Waals surface area contributed by atoms with E-state index in [0.29, 0.717) is 27.2 Å². The van der Waals surface area contributed by atoms with E-state index in [1.807, 2.05) is 13.0 Å². The highest BCUT2D eigenvalue weighted by Crippen LogP contribution is 2.29. The first-order chi connectivity index (χ1) is 12.3. The van der Waals surface area contributed by atoms with Gasteiger partial charge in [0.05, 0.1) is 12.1 Å². The Bertz CT molecular complexity index is 824.